The van der Waals surface area contributed by atoms with E-state index in [4.69, 9.17) is 4.74 Å². The molecule has 1 fully saturated rings. The zero-order valence-corrected chi connectivity index (χ0v) is 18.8. The molecule has 0 radical (unpaired) electrons. The van der Waals surface area contributed by atoms with Crippen molar-refractivity contribution in [2.75, 3.05) is 19.7 Å². The number of rotatable bonds is 8. The number of amides is 1. The summed E-state index contributed by atoms with van der Waals surface area (Å²) < 4.78 is 33.5. The number of piperidine rings is 1. The number of hydrogen-bond acceptors (Lipinski definition) is 5. The molecule has 1 aromatic heterocycles. The quantitative estimate of drug-likeness (QED) is 0.553. The predicted molar refractivity (Wildman–Crippen MR) is 123 cm³/mol. The molecule has 3 aromatic rings. The van der Waals surface area contributed by atoms with Crippen LogP contribution in [0, 0.1) is 0 Å². The number of carbonyl (C=O) groups is 1. The van der Waals surface area contributed by atoms with Gasteiger partial charge in [0.25, 0.3) is 15.9 Å². The van der Waals surface area contributed by atoms with E-state index in [9.17, 15) is 13.2 Å². The highest BCUT2D eigenvalue weighted by Crippen LogP contribution is 2.29. The molecule has 0 saturated carbocycles. The molecule has 1 saturated heterocycles. The molecule has 31 heavy (non-hydrogen) atoms. The smallest absolute Gasteiger partial charge is 0.257 e. The second kappa shape index (κ2) is 9.80. The topological polar surface area (TPSA) is 75.7 Å². The molecule has 8 heteroatoms. The molecule has 1 N–H and O–H groups in total. The average molecular weight is 459 g/mol. The Labute approximate surface area is 186 Å². The van der Waals surface area contributed by atoms with E-state index in [0.29, 0.717) is 29.5 Å². The Morgan fingerprint density at radius 1 is 1.10 bits per heavy atom. The van der Waals surface area contributed by atoms with Gasteiger partial charge in [-0.2, -0.15) is 4.31 Å². The lowest BCUT2D eigenvalue weighted by Crippen LogP contribution is -2.45. The summed E-state index contributed by atoms with van der Waals surface area (Å²) in [6.45, 7) is 0.880. The molecule has 2 heterocycles. The molecule has 1 aliphatic rings. The fourth-order valence-corrected chi connectivity index (χ4v) is 6.78. The molecular formula is C23H26N2O4S2. The van der Waals surface area contributed by atoms with Crippen LogP contribution in [0.25, 0.3) is 10.8 Å². The number of ether oxygens (including phenoxy) is 1. The number of carbonyl (C=O) groups excluding carboxylic acids is 1. The molecular weight excluding hydrogens is 432 g/mol. The van der Waals surface area contributed by atoms with E-state index < -0.39 is 10.0 Å². The van der Waals surface area contributed by atoms with Crippen molar-refractivity contribution in [2.24, 2.45) is 0 Å². The number of nitrogens with one attached hydrogen (secondary N) is 1. The van der Waals surface area contributed by atoms with Crippen LogP contribution >= 0.6 is 11.3 Å². The molecule has 1 aliphatic heterocycles. The lowest BCUT2D eigenvalue weighted by Gasteiger charge is -2.34. The second-order valence-corrected chi connectivity index (χ2v) is 10.7. The summed E-state index contributed by atoms with van der Waals surface area (Å²) in [5, 5.41) is 6.82. The molecule has 0 spiro atoms. The number of sulfonamides is 1. The van der Waals surface area contributed by atoms with Gasteiger partial charge in [-0.3, -0.25) is 4.79 Å². The van der Waals surface area contributed by atoms with Crippen molar-refractivity contribution in [3.63, 3.8) is 0 Å². The van der Waals surface area contributed by atoms with E-state index in [2.05, 4.69) is 5.32 Å². The number of hydrogen-bond donors (Lipinski definition) is 1. The van der Waals surface area contributed by atoms with E-state index >= 15 is 0 Å². The predicted octanol–water partition coefficient (Wildman–Crippen LogP) is 4.03. The molecule has 1 amide bonds. The van der Waals surface area contributed by atoms with Gasteiger partial charge in [-0.05, 0) is 53.6 Å². The Kier molecular flexibility index (Phi) is 6.89. The molecule has 0 aliphatic carbocycles. The van der Waals surface area contributed by atoms with Gasteiger partial charge in [-0.15, -0.1) is 11.3 Å². The Bertz CT molecular complexity index is 1130. The summed E-state index contributed by atoms with van der Waals surface area (Å²) in [7, 11) is -3.47. The zero-order valence-electron chi connectivity index (χ0n) is 17.2. The number of thiophene rings is 1. The Morgan fingerprint density at radius 2 is 1.94 bits per heavy atom. The third-order valence-electron chi connectivity index (χ3n) is 5.52. The van der Waals surface area contributed by atoms with E-state index in [1.807, 2.05) is 42.5 Å². The maximum atomic E-state index is 12.9. The van der Waals surface area contributed by atoms with Gasteiger partial charge in [-0.25, -0.2) is 8.42 Å². The fraction of sp³-hybridized carbons (Fsp3) is 0.348. The van der Waals surface area contributed by atoms with Crippen LogP contribution in [0.5, 0.6) is 5.75 Å². The summed E-state index contributed by atoms with van der Waals surface area (Å²) in [5.41, 5.74) is 0. The zero-order chi connectivity index (χ0) is 21.7. The van der Waals surface area contributed by atoms with E-state index in [1.54, 1.807) is 21.8 Å². The van der Waals surface area contributed by atoms with Crippen molar-refractivity contribution in [2.45, 2.75) is 35.9 Å². The second-order valence-electron chi connectivity index (χ2n) is 7.63. The molecule has 1 atom stereocenters. The van der Waals surface area contributed by atoms with Crippen LogP contribution in [-0.4, -0.2) is 44.4 Å². The van der Waals surface area contributed by atoms with Crippen molar-refractivity contribution in [3.05, 3.63) is 60.0 Å². The van der Waals surface area contributed by atoms with Crippen molar-refractivity contribution < 1.29 is 17.9 Å². The normalized spacial score (nSPS) is 17.5. The first kappa shape index (κ1) is 21.8. The summed E-state index contributed by atoms with van der Waals surface area (Å²) in [6, 6.07) is 17.0. The minimum atomic E-state index is -3.47. The van der Waals surface area contributed by atoms with Gasteiger partial charge in [0.2, 0.25) is 0 Å². The van der Waals surface area contributed by atoms with Gasteiger partial charge >= 0.3 is 0 Å². The van der Waals surface area contributed by atoms with Gasteiger partial charge in [0.05, 0.1) is 0 Å². The maximum Gasteiger partial charge on any atom is 0.257 e. The summed E-state index contributed by atoms with van der Waals surface area (Å²) in [6.07, 6.45) is 3.27. The van der Waals surface area contributed by atoms with Gasteiger partial charge < -0.3 is 10.1 Å². The third kappa shape index (κ3) is 5.26. The van der Waals surface area contributed by atoms with Gasteiger partial charge in [-0.1, -0.05) is 42.8 Å². The standard InChI is InChI=1S/C23H26N2O4S2/c26-22(17-29-21-11-10-18-6-1-2-7-19(18)16-21)24-13-12-20-8-3-4-14-25(20)31(27,28)23-9-5-15-30-23/h1-2,5-7,9-11,15-16,20H,3-4,8,12-14,17H2,(H,24,26). The molecule has 1 unspecified atom stereocenters. The molecule has 6 nitrogen and oxygen atoms in total. The molecule has 0 bridgehead atoms. The third-order valence-corrected chi connectivity index (χ3v) is 8.85. The van der Waals surface area contributed by atoms with Crippen LogP contribution in [-0.2, 0) is 14.8 Å². The monoisotopic (exact) mass is 458 g/mol. The number of fused-ring (bicyclic) bond motifs is 1. The van der Waals surface area contributed by atoms with E-state index in [1.165, 1.54) is 11.3 Å². The molecule has 164 valence electrons. The Balaban J connectivity index is 1.27. The minimum Gasteiger partial charge on any atom is -0.484 e. The number of nitrogens with zero attached hydrogens (tertiary/aromatic N) is 1. The SMILES string of the molecule is O=C(COc1ccc2ccccc2c1)NCCC1CCCCN1S(=O)(=O)c1cccs1. The van der Waals surface area contributed by atoms with E-state index in [0.717, 1.165) is 30.0 Å². The first-order valence-corrected chi connectivity index (χ1v) is 12.8. The lowest BCUT2D eigenvalue weighted by molar-refractivity contribution is -0.123. The largest absolute Gasteiger partial charge is 0.484 e. The summed E-state index contributed by atoms with van der Waals surface area (Å²) >= 11 is 1.24. The van der Waals surface area contributed by atoms with Gasteiger partial charge in [0, 0.05) is 19.1 Å². The Hall–Kier alpha value is -2.42. The van der Waals surface area contributed by atoms with Crippen LogP contribution in [0.3, 0.4) is 0 Å². The highest BCUT2D eigenvalue weighted by molar-refractivity contribution is 7.91. The highest BCUT2D eigenvalue weighted by Gasteiger charge is 2.33. The average Bonchev–Trinajstić information content (AvgIpc) is 3.34. The molecule has 2 aromatic carbocycles. The van der Waals surface area contributed by atoms with Crippen molar-refractivity contribution in [1.82, 2.24) is 9.62 Å². The lowest BCUT2D eigenvalue weighted by atomic mass is 10.0. The van der Waals surface area contributed by atoms with E-state index in [-0.39, 0.29) is 18.6 Å². The minimum absolute atomic E-state index is 0.0692. The number of benzene rings is 2. The first-order chi connectivity index (χ1) is 15.0. The Morgan fingerprint density at radius 3 is 2.74 bits per heavy atom. The fourth-order valence-electron chi connectivity index (χ4n) is 3.94. The summed E-state index contributed by atoms with van der Waals surface area (Å²) in [4.78, 5) is 12.2. The van der Waals surface area contributed by atoms with Crippen LogP contribution in [0.1, 0.15) is 25.7 Å². The first-order valence-electron chi connectivity index (χ1n) is 10.5. The summed E-state index contributed by atoms with van der Waals surface area (Å²) in [5.74, 6) is 0.436. The molecule has 4 rings (SSSR count). The van der Waals surface area contributed by atoms with Crippen LogP contribution in [0.15, 0.2) is 64.2 Å². The van der Waals surface area contributed by atoms with Crippen LogP contribution < -0.4 is 10.1 Å². The van der Waals surface area contributed by atoms with Gasteiger partial charge in [0.1, 0.15) is 9.96 Å². The maximum absolute atomic E-state index is 12.9. The van der Waals surface area contributed by atoms with Crippen LogP contribution in [0.4, 0.5) is 0 Å². The highest BCUT2D eigenvalue weighted by atomic mass is 32.2. The van der Waals surface area contributed by atoms with Crippen molar-refractivity contribution in [3.8, 4) is 5.75 Å². The van der Waals surface area contributed by atoms with Crippen molar-refractivity contribution >= 4 is 38.0 Å². The van der Waals surface area contributed by atoms with Crippen molar-refractivity contribution in [1.29, 1.82) is 0 Å². The van der Waals surface area contributed by atoms with Gasteiger partial charge in [0.15, 0.2) is 6.61 Å². The van der Waals surface area contributed by atoms with Crippen LogP contribution in [0.2, 0.25) is 0 Å².